The third kappa shape index (κ3) is 2.39. The zero-order valence-electron chi connectivity index (χ0n) is 11.4. The number of fused-ring (bicyclic) bond motifs is 1. The van der Waals surface area contributed by atoms with E-state index >= 15 is 0 Å². The average Bonchev–Trinajstić information content (AvgIpc) is 2.96. The first-order valence-electron chi connectivity index (χ1n) is 6.75. The van der Waals surface area contributed by atoms with Gasteiger partial charge in [-0.05, 0) is 19.1 Å². The quantitative estimate of drug-likeness (QED) is 0.928. The number of carbonyl (C=O) groups excluding carboxylic acids is 1. The lowest BCUT2D eigenvalue weighted by molar-refractivity contribution is -0.136. The molecule has 0 spiro atoms. The fraction of sp³-hybridized carbons (Fsp3) is 0.333. The van der Waals surface area contributed by atoms with Gasteiger partial charge < -0.3 is 14.6 Å². The van der Waals surface area contributed by atoms with Crippen LogP contribution in [-0.2, 0) is 11.2 Å². The van der Waals surface area contributed by atoms with Crippen LogP contribution in [0.3, 0.4) is 0 Å². The molecule has 20 heavy (non-hydrogen) atoms. The molecule has 1 aliphatic rings. The van der Waals surface area contributed by atoms with E-state index < -0.39 is 0 Å². The highest BCUT2D eigenvalue weighted by atomic mass is 16.5. The number of aromatic nitrogens is 2. The number of H-pyrrole nitrogens is 1. The van der Waals surface area contributed by atoms with Crippen molar-refractivity contribution in [3.8, 4) is 5.75 Å². The summed E-state index contributed by atoms with van der Waals surface area (Å²) in [5.41, 5.74) is 2.09. The van der Waals surface area contributed by atoms with Gasteiger partial charge in [0.25, 0.3) is 5.91 Å². The summed E-state index contributed by atoms with van der Waals surface area (Å²) in [4.78, 5) is 21.5. The summed E-state index contributed by atoms with van der Waals surface area (Å²) in [6, 6.07) is 9.38. The van der Waals surface area contributed by atoms with Crippen LogP contribution in [0.15, 0.2) is 36.7 Å². The Labute approximate surface area is 117 Å². The van der Waals surface area contributed by atoms with E-state index in [0.717, 1.165) is 17.8 Å². The van der Waals surface area contributed by atoms with Crippen molar-refractivity contribution in [1.82, 2.24) is 14.9 Å². The molecule has 0 aliphatic carbocycles. The molecule has 0 saturated heterocycles. The minimum Gasteiger partial charge on any atom is -0.484 e. The van der Waals surface area contributed by atoms with Crippen LogP contribution in [0.5, 0.6) is 5.75 Å². The molecule has 1 aliphatic heterocycles. The standard InChI is InChI=1S/C15H17N3O2/c1-11-15-13(16-10-17-15)7-8-18(11)14(19)9-20-12-5-3-2-4-6-12/h2-6,10-11H,7-9H2,1H3,(H,16,17). The van der Waals surface area contributed by atoms with Crippen LogP contribution in [0.2, 0.25) is 0 Å². The molecule has 1 amide bonds. The van der Waals surface area contributed by atoms with Crippen LogP contribution >= 0.6 is 0 Å². The van der Waals surface area contributed by atoms with Gasteiger partial charge in [0.15, 0.2) is 6.61 Å². The largest absolute Gasteiger partial charge is 0.484 e. The second kappa shape index (κ2) is 5.36. The van der Waals surface area contributed by atoms with Crippen LogP contribution in [0.25, 0.3) is 0 Å². The van der Waals surface area contributed by atoms with Crippen molar-refractivity contribution >= 4 is 5.91 Å². The average molecular weight is 271 g/mol. The third-order valence-electron chi connectivity index (χ3n) is 3.64. The molecule has 1 aromatic heterocycles. The minimum absolute atomic E-state index is 0.00290. The molecule has 3 rings (SSSR count). The first-order valence-corrected chi connectivity index (χ1v) is 6.75. The van der Waals surface area contributed by atoms with Gasteiger partial charge in [-0.25, -0.2) is 4.98 Å². The molecular weight excluding hydrogens is 254 g/mol. The van der Waals surface area contributed by atoms with Gasteiger partial charge in [-0.2, -0.15) is 0 Å². The molecule has 0 radical (unpaired) electrons. The monoisotopic (exact) mass is 271 g/mol. The Balaban J connectivity index is 1.64. The predicted molar refractivity (Wildman–Crippen MR) is 74.4 cm³/mol. The first kappa shape index (κ1) is 12.7. The smallest absolute Gasteiger partial charge is 0.261 e. The summed E-state index contributed by atoms with van der Waals surface area (Å²) >= 11 is 0. The lowest BCUT2D eigenvalue weighted by atomic mass is 10.0. The highest BCUT2D eigenvalue weighted by Crippen LogP contribution is 2.26. The number of hydrogen-bond donors (Lipinski definition) is 1. The minimum atomic E-state index is -0.00463. The molecule has 5 nitrogen and oxygen atoms in total. The summed E-state index contributed by atoms with van der Waals surface area (Å²) in [7, 11) is 0. The fourth-order valence-electron chi connectivity index (χ4n) is 2.55. The highest BCUT2D eigenvalue weighted by Gasteiger charge is 2.29. The van der Waals surface area contributed by atoms with Crippen molar-refractivity contribution in [2.45, 2.75) is 19.4 Å². The Morgan fingerprint density at radius 2 is 2.25 bits per heavy atom. The Morgan fingerprint density at radius 3 is 3.05 bits per heavy atom. The number of benzene rings is 1. The maximum atomic E-state index is 12.3. The van der Waals surface area contributed by atoms with E-state index in [-0.39, 0.29) is 18.6 Å². The van der Waals surface area contributed by atoms with Gasteiger partial charge in [-0.15, -0.1) is 0 Å². The molecule has 1 N–H and O–H groups in total. The van der Waals surface area contributed by atoms with Crippen molar-refractivity contribution in [3.05, 3.63) is 48.0 Å². The number of hydrogen-bond acceptors (Lipinski definition) is 3. The van der Waals surface area contributed by atoms with E-state index in [0.29, 0.717) is 12.3 Å². The molecule has 1 unspecified atom stereocenters. The number of aromatic amines is 1. The molecule has 0 saturated carbocycles. The molecule has 0 fully saturated rings. The number of imidazole rings is 1. The molecular formula is C15H17N3O2. The normalized spacial score (nSPS) is 17.6. The molecule has 1 aromatic carbocycles. The van der Waals surface area contributed by atoms with Crippen LogP contribution in [0.1, 0.15) is 24.4 Å². The fourth-order valence-corrected chi connectivity index (χ4v) is 2.55. The van der Waals surface area contributed by atoms with Crippen LogP contribution in [0.4, 0.5) is 0 Å². The molecule has 5 heteroatoms. The zero-order valence-corrected chi connectivity index (χ0v) is 11.4. The lowest BCUT2D eigenvalue weighted by Crippen LogP contribution is -2.41. The molecule has 2 aromatic rings. The number of rotatable bonds is 3. The van der Waals surface area contributed by atoms with Gasteiger partial charge in [-0.1, -0.05) is 18.2 Å². The van der Waals surface area contributed by atoms with Crippen molar-refractivity contribution in [3.63, 3.8) is 0 Å². The second-order valence-electron chi connectivity index (χ2n) is 4.88. The number of para-hydroxylation sites is 1. The Hall–Kier alpha value is -2.30. The summed E-state index contributed by atoms with van der Waals surface area (Å²) in [6.07, 6.45) is 2.51. The Bertz CT molecular complexity index is 594. The first-order chi connectivity index (χ1) is 9.75. The number of carbonyl (C=O) groups is 1. The summed E-state index contributed by atoms with van der Waals surface area (Å²) < 4.78 is 5.52. The molecule has 2 heterocycles. The number of ether oxygens (including phenoxy) is 1. The van der Waals surface area contributed by atoms with Crippen molar-refractivity contribution in [2.24, 2.45) is 0 Å². The van der Waals surface area contributed by atoms with Crippen LogP contribution in [-0.4, -0.2) is 33.9 Å². The van der Waals surface area contributed by atoms with E-state index in [2.05, 4.69) is 9.97 Å². The van der Waals surface area contributed by atoms with Gasteiger partial charge >= 0.3 is 0 Å². The van der Waals surface area contributed by atoms with Crippen molar-refractivity contribution in [2.75, 3.05) is 13.2 Å². The number of amides is 1. The predicted octanol–water partition coefficient (Wildman–Crippen LogP) is 1.93. The summed E-state index contributed by atoms with van der Waals surface area (Å²) in [5.74, 6) is 0.709. The van der Waals surface area contributed by atoms with E-state index in [9.17, 15) is 4.79 Å². The highest BCUT2D eigenvalue weighted by molar-refractivity contribution is 5.78. The van der Waals surface area contributed by atoms with Gasteiger partial charge in [0.2, 0.25) is 0 Å². The van der Waals surface area contributed by atoms with Crippen LogP contribution in [0, 0.1) is 0 Å². The van der Waals surface area contributed by atoms with E-state index in [1.54, 1.807) is 6.33 Å². The SMILES string of the molecule is CC1c2nc[nH]c2CCN1C(=O)COc1ccccc1. The number of nitrogens with zero attached hydrogens (tertiary/aromatic N) is 2. The molecule has 0 bridgehead atoms. The van der Waals surface area contributed by atoms with E-state index in [1.165, 1.54) is 0 Å². The Kier molecular flexibility index (Phi) is 3.41. The zero-order chi connectivity index (χ0) is 13.9. The van der Waals surface area contributed by atoms with Crippen molar-refractivity contribution in [1.29, 1.82) is 0 Å². The maximum absolute atomic E-state index is 12.3. The molecule has 1 atom stereocenters. The van der Waals surface area contributed by atoms with Gasteiger partial charge in [-0.3, -0.25) is 4.79 Å². The number of nitrogens with one attached hydrogen (secondary N) is 1. The van der Waals surface area contributed by atoms with Gasteiger partial charge in [0, 0.05) is 18.7 Å². The van der Waals surface area contributed by atoms with E-state index in [4.69, 9.17) is 4.74 Å². The summed E-state index contributed by atoms with van der Waals surface area (Å²) in [5, 5.41) is 0. The van der Waals surface area contributed by atoms with Crippen LogP contribution < -0.4 is 4.74 Å². The van der Waals surface area contributed by atoms with Gasteiger partial charge in [0.05, 0.1) is 18.1 Å². The van der Waals surface area contributed by atoms with Crippen molar-refractivity contribution < 1.29 is 9.53 Å². The second-order valence-corrected chi connectivity index (χ2v) is 4.88. The molecule has 104 valence electrons. The summed E-state index contributed by atoms with van der Waals surface area (Å²) in [6.45, 7) is 2.76. The lowest BCUT2D eigenvalue weighted by Gasteiger charge is -2.32. The third-order valence-corrected chi connectivity index (χ3v) is 3.64. The maximum Gasteiger partial charge on any atom is 0.261 e. The van der Waals surface area contributed by atoms with E-state index in [1.807, 2.05) is 42.2 Å². The topological polar surface area (TPSA) is 58.2 Å². The van der Waals surface area contributed by atoms with Gasteiger partial charge in [0.1, 0.15) is 5.75 Å². The Morgan fingerprint density at radius 1 is 1.45 bits per heavy atom.